The van der Waals surface area contributed by atoms with Gasteiger partial charge < -0.3 is 14.5 Å². The van der Waals surface area contributed by atoms with Gasteiger partial charge in [-0.1, -0.05) is 25.9 Å². The topological polar surface area (TPSA) is 78.6 Å². The fourth-order valence-electron chi connectivity index (χ4n) is 2.59. The number of aliphatic hydroxyl groups is 1. The lowest BCUT2D eigenvalue weighted by molar-refractivity contribution is 0.141. The summed E-state index contributed by atoms with van der Waals surface area (Å²) in [6, 6.07) is 1.71. The molecule has 118 valence electrons. The summed E-state index contributed by atoms with van der Waals surface area (Å²) in [4.78, 5) is 14.2. The van der Waals surface area contributed by atoms with Gasteiger partial charge in [-0.05, 0) is 25.7 Å². The number of rotatable bonds is 3. The first-order valence-electron chi connectivity index (χ1n) is 7.57. The lowest BCUT2D eigenvalue weighted by atomic mass is 9.93. The second kappa shape index (κ2) is 6.47. The number of amides is 2. The Morgan fingerprint density at radius 1 is 1.52 bits per heavy atom. The number of nitrogens with one attached hydrogen (secondary N) is 1. The lowest BCUT2D eigenvalue weighted by Crippen LogP contribution is -2.46. The Morgan fingerprint density at radius 3 is 2.90 bits per heavy atom. The van der Waals surface area contributed by atoms with Gasteiger partial charge in [0.2, 0.25) is 0 Å². The summed E-state index contributed by atoms with van der Waals surface area (Å²) in [6.45, 7) is 6.91. The molecular formula is C15H25N3O3. The van der Waals surface area contributed by atoms with Crippen molar-refractivity contribution in [2.45, 2.75) is 57.9 Å². The maximum atomic E-state index is 12.4. The molecule has 1 aliphatic rings. The van der Waals surface area contributed by atoms with Crippen molar-refractivity contribution in [3.8, 4) is 0 Å². The number of aliphatic hydroxyl groups excluding tert-OH is 1. The maximum absolute atomic E-state index is 12.4. The number of hydrogen-bond acceptors (Lipinski definition) is 4. The van der Waals surface area contributed by atoms with E-state index in [1.54, 1.807) is 11.0 Å². The number of aromatic nitrogens is 1. The first kappa shape index (κ1) is 15.8. The molecule has 0 spiro atoms. The SMILES string of the molecule is CC(C)(C)c1cc(NC(=O)N2CCCCC2CCO)no1. The predicted octanol–water partition coefficient (Wildman–Crippen LogP) is 2.74. The Balaban J connectivity index is 2.01. The van der Waals surface area contributed by atoms with Gasteiger partial charge in [-0.25, -0.2) is 4.79 Å². The minimum Gasteiger partial charge on any atom is -0.396 e. The smallest absolute Gasteiger partial charge is 0.323 e. The van der Waals surface area contributed by atoms with Gasteiger partial charge in [0.15, 0.2) is 5.82 Å². The normalized spacial score (nSPS) is 19.6. The molecule has 1 atom stereocenters. The van der Waals surface area contributed by atoms with E-state index in [9.17, 15) is 4.79 Å². The highest BCUT2D eigenvalue weighted by Gasteiger charge is 2.27. The third kappa shape index (κ3) is 3.97. The van der Waals surface area contributed by atoms with E-state index in [4.69, 9.17) is 9.63 Å². The third-order valence-electron chi connectivity index (χ3n) is 3.83. The maximum Gasteiger partial charge on any atom is 0.323 e. The van der Waals surface area contributed by atoms with Crippen LogP contribution in [0.5, 0.6) is 0 Å². The summed E-state index contributed by atoms with van der Waals surface area (Å²) >= 11 is 0. The van der Waals surface area contributed by atoms with Crippen LogP contribution in [0.4, 0.5) is 10.6 Å². The zero-order valence-electron chi connectivity index (χ0n) is 13.1. The third-order valence-corrected chi connectivity index (χ3v) is 3.83. The molecule has 1 unspecified atom stereocenters. The summed E-state index contributed by atoms with van der Waals surface area (Å²) in [5.41, 5.74) is -0.138. The van der Waals surface area contributed by atoms with E-state index in [2.05, 4.69) is 10.5 Å². The van der Waals surface area contributed by atoms with E-state index in [-0.39, 0.29) is 24.1 Å². The van der Waals surface area contributed by atoms with Gasteiger partial charge in [-0.2, -0.15) is 0 Å². The van der Waals surface area contributed by atoms with E-state index in [1.165, 1.54) is 0 Å². The summed E-state index contributed by atoms with van der Waals surface area (Å²) in [6.07, 6.45) is 3.67. The molecule has 6 heteroatoms. The van der Waals surface area contributed by atoms with Gasteiger partial charge >= 0.3 is 6.03 Å². The molecule has 0 bridgehead atoms. The van der Waals surface area contributed by atoms with Gasteiger partial charge in [0.25, 0.3) is 0 Å². The molecule has 1 saturated heterocycles. The monoisotopic (exact) mass is 295 g/mol. The zero-order chi connectivity index (χ0) is 15.5. The molecule has 1 aromatic rings. The number of carbonyl (C=O) groups is 1. The number of anilines is 1. The first-order valence-corrected chi connectivity index (χ1v) is 7.57. The van der Waals surface area contributed by atoms with Crippen LogP contribution < -0.4 is 5.32 Å². The van der Waals surface area contributed by atoms with Crippen molar-refractivity contribution in [1.29, 1.82) is 0 Å². The fraction of sp³-hybridized carbons (Fsp3) is 0.733. The summed E-state index contributed by atoms with van der Waals surface area (Å²) < 4.78 is 5.27. The average Bonchev–Trinajstić information content (AvgIpc) is 2.88. The quantitative estimate of drug-likeness (QED) is 0.898. The highest BCUT2D eigenvalue weighted by Crippen LogP contribution is 2.25. The molecule has 2 rings (SSSR count). The van der Waals surface area contributed by atoms with Gasteiger partial charge in [0, 0.05) is 30.7 Å². The van der Waals surface area contributed by atoms with Crippen LogP contribution in [0.15, 0.2) is 10.6 Å². The van der Waals surface area contributed by atoms with Crippen molar-refractivity contribution in [1.82, 2.24) is 10.1 Å². The van der Waals surface area contributed by atoms with Crippen LogP contribution in [-0.2, 0) is 5.41 Å². The minimum atomic E-state index is -0.165. The summed E-state index contributed by atoms with van der Waals surface area (Å²) in [5.74, 6) is 1.18. The number of carbonyl (C=O) groups excluding carboxylic acids is 1. The Morgan fingerprint density at radius 2 is 2.29 bits per heavy atom. The first-order chi connectivity index (χ1) is 9.91. The van der Waals surface area contributed by atoms with Crippen molar-refractivity contribution in [2.24, 2.45) is 0 Å². The van der Waals surface area contributed by atoms with E-state index in [1.807, 2.05) is 20.8 Å². The van der Waals surface area contributed by atoms with Crippen LogP contribution in [0, 0.1) is 0 Å². The highest BCUT2D eigenvalue weighted by molar-refractivity contribution is 5.88. The van der Waals surface area contributed by atoms with Gasteiger partial charge in [-0.3, -0.25) is 5.32 Å². The van der Waals surface area contributed by atoms with Crippen molar-refractivity contribution in [3.05, 3.63) is 11.8 Å². The van der Waals surface area contributed by atoms with Crippen LogP contribution in [0.1, 0.15) is 52.2 Å². The number of hydrogen-bond donors (Lipinski definition) is 2. The van der Waals surface area contributed by atoms with E-state index >= 15 is 0 Å². The van der Waals surface area contributed by atoms with Crippen LogP contribution in [0.2, 0.25) is 0 Å². The highest BCUT2D eigenvalue weighted by atomic mass is 16.5. The second-order valence-corrected chi connectivity index (χ2v) is 6.61. The Bertz CT molecular complexity index is 477. The van der Waals surface area contributed by atoms with Crippen molar-refractivity contribution in [2.75, 3.05) is 18.5 Å². The van der Waals surface area contributed by atoms with E-state index in [0.29, 0.717) is 12.2 Å². The number of likely N-dealkylation sites (tertiary alicyclic amines) is 1. The molecule has 0 aliphatic carbocycles. The van der Waals surface area contributed by atoms with Crippen molar-refractivity contribution >= 4 is 11.8 Å². The molecule has 2 amide bonds. The van der Waals surface area contributed by atoms with E-state index in [0.717, 1.165) is 31.6 Å². The Labute approximate surface area is 125 Å². The van der Waals surface area contributed by atoms with Crippen molar-refractivity contribution in [3.63, 3.8) is 0 Å². The van der Waals surface area contributed by atoms with Crippen LogP contribution in [-0.4, -0.2) is 40.4 Å². The molecule has 0 radical (unpaired) electrons. The van der Waals surface area contributed by atoms with Crippen LogP contribution in [0.25, 0.3) is 0 Å². The second-order valence-electron chi connectivity index (χ2n) is 6.61. The van der Waals surface area contributed by atoms with Gasteiger partial charge in [0.1, 0.15) is 5.76 Å². The fourth-order valence-corrected chi connectivity index (χ4v) is 2.59. The number of piperidine rings is 1. The molecule has 1 fully saturated rings. The van der Waals surface area contributed by atoms with Crippen LogP contribution in [0.3, 0.4) is 0 Å². The molecule has 6 nitrogen and oxygen atoms in total. The molecule has 2 N–H and O–H groups in total. The summed E-state index contributed by atoms with van der Waals surface area (Å²) in [7, 11) is 0. The standard InChI is InChI=1S/C15H25N3O3/c1-15(2,3)12-10-13(17-21-12)16-14(20)18-8-5-4-6-11(18)7-9-19/h10-11,19H,4-9H2,1-3H3,(H,16,17,20). The predicted molar refractivity (Wildman–Crippen MR) is 80.3 cm³/mol. The lowest BCUT2D eigenvalue weighted by Gasteiger charge is -2.35. The molecule has 2 heterocycles. The number of urea groups is 1. The minimum absolute atomic E-state index is 0.104. The van der Waals surface area contributed by atoms with E-state index < -0.39 is 0 Å². The Hall–Kier alpha value is -1.56. The molecule has 1 aromatic heterocycles. The molecule has 0 aromatic carbocycles. The van der Waals surface area contributed by atoms with Crippen molar-refractivity contribution < 1.29 is 14.4 Å². The zero-order valence-corrected chi connectivity index (χ0v) is 13.1. The molecule has 0 saturated carbocycles. The molecule has 21 heavy (non-hydrogen) atoms. The molecule has 1 aliphatic heterocycles. The Kier molecular flexibility index (Phi) is 4.88. The molecular weight excluding hydrogens is 270 g/mol. The van der Waals surface area contributed by atoms with Gasteiger partial charge in [-0.15, -0.1) is 0 Å². The summed E-state index contributed by atoms with van der Waals surface area (Å²) in [5, 5.41) is 15.8. The average molecular weight is 295 g/mol. The number of nitrogens with zero attached hydrogens (tertiary/aromatic N) is 2. The van der Waals surface area contributed by atoms with Crippen LogP contribution >= 0.6 is 0 Å². The van der Waals surface area contributed by atoms with Gasteiger partial charge in [0.05, 0.1) is 0 Å². The largest absolute Gasteiger partial charge is 0.396 e.